The molecule has 168 valence electrons. The van der Waals surface area contributed by atoms with E-state index in [9.17, 15) is 4.79 Å². The molecule has 6 nitrogen and oxygen atoms in total. The molecule has 0 bridgehead atoms. The number of methoxy groups -OCH3 is 1. The van der Waals surface area contributed by atoms with Gasteiger partial charge in [-0.15, -0.1) is 10.2 Å². The summed E-state index contributed by atoms with van der Waals surface area (Å²) in [5, 5.41) is 12.4. The minimum absolute atomic E-state index is 0.0168. The summed E-state index contributed by atoms with van der Waals surface area (Å²) in [7, 11) is 1.64. The average molecular weight is 459 g/mol. The van der Waals surface area contributed by atoms with E-state index in [4.69, 9.17) is 4.74 Å². The van der Waals surface area contributed by atoms with E-state index in [1.165, 1.54) is 11.8 Å². The third-order valence-corrected chi connectivity index (χ3v) is 6.50. The molecule has 1 heterocycles. The molecule has 1 atom stereocenters. The highest BCUT2D eigenvalue weighted by Gasteiger charge is 2.24. The topological polar surface area (TPSA) is 69.0 Å². The zero-order valence-electron chi connectivity index (χ0n) is 18.6. The van der Waals surface area contributed by atoms with Crippen molar-refractivity contribution >= 4 is 17.7 Å². The molecule has 4 aromatic rings. The second kappa shape index (κ2) is 10.8. The summed E-state index contributed by atoms with van der Waals surface area (Å²) in [5.41, 5.74) is 2.89. The summed E-state index contributed by atoms with van der Waals surface area (Å²) in [6.07, 6.45) is 0.668. The van der Waals surface area contributed by atoms with Crippen LogP contribution >= 0.6 is 11.8 Å². The maximum absolute atomic E-state index is 13.0. The second-order valence-corrected chi connectivity index (χ2v) is 8.60. The normalized spacial score (nSPS) is 11.7. The van der Waals surface area contributed by atoms with Crippen molar-refractivity contribution in [3.05, 3.63) is 90.5 Å². The van der Waals surface area contributed by atoms with E-state index in [0.717, 1.165) is 22.6 Å². The number of para-hydroxylation sites is 1. The number of amides is 1. The fourth-order valence-corrected chi connectivity index (χ4v) is 4.45. The number of carbonyl (C=O) groups is 1. The molecule has 0 aliphatic carbocycles. The molecule has 0 fully saturated rings. The van der Waals surface area contributed by atoms with E-state index in [1.54, 1.807) is 7.11 Å². The van der Waals surface area contributed by atoms with Crippen LogP contribution in [0.25, 0.3) is 17.1 Å². The Bertz CT molecular complexity index is 1200. The number of thioether (sulfide) groups is 1. The van der Waals surface area contributed by atoms with Gasteiger partial charge in [-0.3, -0.25) is 9.36 Å². The maximum atomic E-state index is 13.0. The molecule has 7 heteroatoms. The summed E-state index contributed by atoms with van der Waals surface area (Å²) in [6, 6.07) is 27.6. The van der Waals surface area contributed by atoms with Crippen molar-refractivity contribution in [1.82, 2.24) is 20.1 Å². The number of benzene rings is 3. The predicted octanol–water partition coefficient (Wildman–Crippen LogP) is 5.13. The number of nitrogens with zero attached hydrogens (tertiary/aromatic N) is 3. The SMILES string of the molecule is CCC(Sc1nnc(-c2cccc(OC)c2)n1-c1ccccc1)C(=O)NCc1ccccc1. The van der Waals surface area contributed by atoms with Gasteiger partial charge in [0.2, 0.25) is 5.91 Å². The van der Waals surface area contributed by atoms with Gasteiger partial charge in [0.15, 0.2) is 11.0 Å². The number of aromatic nitrogens is 3. The summed E-state index contributed by atoms with van der Waals surface area (Å²) >= 11 is 1.42. The van der Waals surface area contributed by atoms with Gasteiger partial charge >= 0.3 is 0 Å². The van der Waals surface area contributed by atoms with Crippen LogP contribution in [-0.2, 0) is 11.3 Å². The van der Waals surface area contributed by atoms with Gasteiger partial charge in [0, 0.05) is 17.8 Å². The molecule has 1 aromatic heterocycles. The van der Waals surface area contributed by atoms with Crippen LogP contribution in [0.1, 0.15) is 18.9 Å². The van der Waals surface area contributed by atoms with Crippen LogP contribution in [-0.4, -0.2) is 33.0 Å². The zero-order valence-corrected chi connectivity index (χ0v) is 19.5. The van der Waals surface area contributed by atoms with Crippen LogP contribution in [0.4, 0.5) is 0 Å². The Balaban J connectivity index is 1.62. The molecular formula is C26H26N4O2S. The van der Waals surface area contributed by atoms with Crippen LogP contribution in [0.2, 0.25) is 0 Å². The molecule has 0 spiro atoms. The number of carbonyl (C=O) groups excluding carboxylic acids is 1. The Hall–Kier alpha value is -3.58. The Morgan fingerprint density at radius 3 is 2.42 bits per heavy atom. The van der Waals surface area contributed by atoms with Gasteiger partial charge in [0.1, 0.15) is 5.75 Å². The first-order valence-electron chi connectivity index (χ1n) is 10.8. The minimum Gasteiger partial charge on any atom is -0.497 e. The van der Waals surface area contributed by atoms with Crippen LogP contribution in [0.15, 0.2) is 90.1 Å². The fraction of sp³-hybridized carbons (Fsp3) is 0.192. The maximum Gasteiger partial charge on any atom is 0.233 e. The van der Waals surface area contributed by atoms with E-state index in [1.807, 2.05) is 96.4 Å². The highest BCUT2D eigenvalue weighted by Crippen LogP contribution is 2.32. The third-order valence-electron chi connectivity index (χ3n) is 5.20. The van der Waals surface area contributed by atoms with Gasteiger partial charge in [-0.1, -0.05) is 79.3 Å². The lowest BCUT2D eigenvalue weighted by atomic mass is 10.2. The van der Waals surface area contributed by atoms with E-state index in [-0.39, 0.29) is 11.2 Å². The van der Waals surface area contributed by atoms with Crippen molar-refractivity contribution in [3.63, 3.8) is 0 Å². The van der Waals surface area contributed by atoms with Gasteiger partial charge in [0.25, 0.3) is 0 Å². The predicted molar refractivity (Wildman–Crippen MR) is 132 cm³/mol. The van der Waals surface area contributed by atoms with Crippen molar-refractivity contribution in [3.8, 4) is 22.8 Å². The Morgan fingerprint density at radius 2 is 1.73 bits per heavy atom. The molecule has 3 aromatic carbocycles. The van der Waals surface area contributed by atoms with E-state index < -0.39 is 0 Å². The lowest BCUT2D eigenvalue weighted by Gasteiger charge is -2.16. The van der Waals surface area contributed by atoms with Gasteiger partial charge in [-0.2, -0.15) is 0 Å². The summed E-state index contributed by atoms with van der Waals surface area (Å²) in [6.45, 7) is 2.50. The molecular weight excluding hydrogens is 432 g/mol. The van der Waals surface area contributed by atoms with Crippen LogP contribution in [0.5, 0.6) is 5.75 Å². The van der Waals surface area contributed by atoms with Crippen molar-refractivity contribution in [2.75, 3.05) is 7.11 Å². The van der Waals surface area contributed by atoms with Gasteiger partial charge in [0.05, 0.1) is 12.4 Å². The van der Waals surface area contributed by atoms with Crippen molar-refractivity contribution < 1.29 is 9.53 Å². The molecule has 33 heavy (non-hydrogen) atoms. The quantitative estimate of drug-likeness (QED) is 0.352. The first-order chi connectivity index (χ1) is 16.2. The zero-order chi connectivity index (χ0) is 23.0. The fourth-order valence-electron chi connectivity index (χ4n) is 3.45. The van der Waals surface area contributed by atoms with Gasteiger partial charge in [-0.05, 0) is 36.2 Å². The summed E-state index contributed by atoms with van der Waals surface area (Å²) < 4.78 is 7.38. The van der Waals surface area contributed by atoms with Crippen LogP contribution < -0.4 is 10.1 Å². The minimum atomic E-state index is -0.293. The Kier molecular flexibility index (Phi) is 7.42. The molecule has 1 N–H and O–H groups in total. The van der Waals surface area contributed by atoms with E-state index in [2.05, 4.69) is 15.5 Å². The number of rotatable bonds is 9. The second-order valence-electron chi connectivity index (χ2n) is 7.43. The standard InChI is InChI=1S/C26H26N4O2S/c1-3-23(25(31)27-18-19-11-6-4-7-12-19)33-26-29-28-24(20-13-10-16-22(17-20)32-2)30(26)21-14-8-5-9-15-21/h4-17,23H,3,18H2,1-2H3,(H,27,31). The monoisotopic (exact) mass is 458 g/mol. The first-order valence-corrected chi connectivity index (χ1v) is 11.7. The van der Waals surface area contributed by atoms with Crippen molar-refractivity contribution in [2.45, 2.75) is 30.3 Å². The number of hydrogen-bond donors (Lipinski definition) is 1. The van der Waals surface area contributed by atoms with E-state index in [0.29, 0.717) is 23.9 Å². The van der Waals surface area contributed by atoms with E-state index >= 15 is 0 Å². The third kappa shape index (κ3) is 5.43. The summed E-state index contributed by atoms with van der Waals surface area (Å²) in [4.78, 5) is 13.0. The van der Waals surface area contributed by atoms with Gasteiger partial charge < -0.3 is 10.1 Å². The number of nitrogens with one attached hydrogen (secondary N) is 1. The highest BCUT2D eigenvalue weighted by atomic mass is 32.2. The first kappa shape index (κ1) is 22.6. The molecule has 1 unspecified atom stereocenters. The van der Waals surface area contributed by atoms with Crippen molar-refractivity contribution in [1.29, 1.82) is 0 Å². The molecule has 0 saturated carbocycles. The molecule has 1 amide bonds. The lowest BCUT2D eigenvalue weighted by molar-refractivity contribution is -0.120. The Morgan fingerprint density at radius 1 is 1.00 bits per heavy atom. The molecule has 0 aliphatic heterocycles. The Labute approximate surface area is 198 Å². The van der Waals surface area contributed by atoms with Crippen LogP contribution in [0.3, 0.4) is 0 Å². The summed E-state index contributed by atoms with van der Waals surface area (Å²) in [5.74, 6) is 1.43. The molecule has 4 rings (SSSR count). The van der Waals surface area contributed by atoms with Crippen LogP contribution in [0, 0.1) is 0 Å². The number of ether oxygens (including phenoxy) is 1. The van der Waals surface area contributed by atoms with Gasteiger partial charge in [-0.25, -0.2) is 0 Å². The number of hydrogen-bond acceptors (Lipinski definition) is 5. The smallest absolute Gasteiger partial charge is 0.233 e. The van der Waals surface area contributed by atoms with Crippen molar-refractivity contribution in [2.24, 2.45) is 0 Å². The molecule has 0 saturated heterocycles. The molecule has 0 radical (unpaired) electrons. The lowest BCUT2D eigenvalue weighted by Crippen LogP contribution is -2.32. The average Bonchev–Trinajstić information content (AvgIpc) is 3.30. The molecule has 0 aliphatic rings. The largest absolute Gasteiger partial charge is 0.497 e. The highest BCUT2D eigenvalue weighted by molar-refractivity contribution is 8.00.